The van der Waals surface area contributed by atoms with Crippen molar-refractivity contribution in [3.05, 3.63) is 0 Å². The molecule has 0 aromatic rings. The van der Waals surface area contributed by atoms with Crippen molar-refractivity contribution in [1.29, 1.82) is 0 Å². The molecule has 2 aliphatic rings. The minimum absolute atomic E-state index is 0.529. The number of carboxylic acids is 1. The molecule has 2 unspecified atom stereocenters. The third-order valence-electron chi connectivity index (χ3n) is 3.75. The molecule has 2 atom stereocenters. The Hall–Kier alpha value is -0.610. The highest BCUT2D eigenvalue weighted by atomic mass is 16.5. The molecule has 2 fully saturated rings. The lowest BCUT2D eigenvalue weighted by molar-refractivity contribution is -0.148. The quantitative estimate of drug-likeness (QED) is 0.758. The van der Waals surface area contributed by atoms with E-state index in [0.29, 0.717) is 5.92 Å². The summed E-state index contributed by atoms with van der Waals surface area (Å²) in [6.07, 6.45) is 2.85. The highest BCUT2D eigenvalue weighted by molar-refractivity contribution is 5.78. The molecule has 4 heteroatoms. The normalized spacial score (nSPS) is 37.3. The number of hydrogen-bond donors (Lipinski definition) is 1. The summed E-state index contributed by atoms with van der Waals surface area (Å²) in [6, 6.07) is 0. The predicted octanol–water partition coefficient (Wildman–Crippen LogP) is 0.962. The number of likely N-dealkylation sites (tertiary alicyclic amines) is 1. The second-order valence-electron chi connectivity index (χ2n) is 4.86. The van der Waals surface area contributed by atoms with E-state index < -0.39 is 11.5 Å². The summed E-state index contributed by atoms with van der Waals surface area (Å²) in [7, 11) is 0. The van der Waals surface area contributed by atoms with Crippen molar-refractivity contribution in [2.75, 3.05) is 26.3 Å². The lowest BCUT2D eigenvalue weighted by atomic mass is 9.98. The van der Waals surface area contributed by atoms with Gasteiger partial charge in [-0.1, -0.05) is 0 Å². The van der Waals surface area contributed by atoms with Gasteiger partial charge in [-0.2, -0.15) is 0 Å². The molecule has 2 saturated heterocycles. The number of carboxylic acid groups (broad SMARTS) is 1. The Balaban J connectivity index is 1.98. The molecule has 0 aromatic heterocycles. The van der Waals surface area contributed by atoms with Gasteiger partial charge in [0, 0.05) is 13.2 Å². The summed E-state index contributed by atoms with van der Waals surface area (Å²) in [6.45, 7) is 5.27. The Morgan fingerprint density at radius 3 is 3.07 bits per heavy atom. The first-order valence-electron chi connectivity index (χ1n) is 5.69. The van der Waals surface area contributed by atoms with Crippen LogP contribution >= 0.6 is 0 Å². The van der Waals surface area contributed by atoms with Crippen molar-refractivity contribution in [1.82, 2.24) is 4.90 Å². The maximum absolute atomic E-state index is 11.2. The minimum atomic E-state index is -0.682. The van der Waals surface area contributed by atoms with Crippen molar-refractivity contribution >= 4 is 5.97 Å². The fraction of sp³-hybridized carbons (Fsp3) is 0.909. The molecule has 0 aromatic carbocycles. The van der Waals surface area contributed by atoms with E-state index in [1.165, 1.54) is 0 Å². The number of aliphatic carboxylic acids is 1. The van der Waals surface area contributed by atoms with E-state index in [-0.39, 0.29) is 0 Å². The zero-order chi connectivity index (χ0) is 10.9. The number of nitrogens with zero attached hydrogens (tertiary/aromatic N) is 1. The highest BCUT2D eigenvalue weighted by Crippen LogP contribution is 2.31. The summed E-state index contributed by atoms with van der Waals surface area (Å²) < 4.78 is 5.32. The summed E-state index contributed by atoms with van der Waals surface area (Å²) in [5.41, 5.74) is -0.636. The predicted molar refractivity (Wildman–Crippen MR) is 55.8 cm³/mol. The van der Waals surface area contributed by atoms with E-state index in [1.54, 1.807) is 0 Å². The van der Waals surface area contributed by atoms with Crippen LogP contribution in [-0.2, 0) is 9.53 Å². The lowest BCUT2D eigenvalue weighted by Crippen LogP contribution is -2.49. The van der Waals surface area contributed by atoms with Gasteiger partial charge in [-0.15, -0.1) is 0 Å². The fourth-order valence-electron chi connectivity index (χ4n) is 2.59. The summed E-state index contributed by atoms with van der Waals surface area (Å²) >= 11 is 0. The van der Waals surface area contributed by atoms with E-state index in [0.717, 1.165) is 45.6 Å². The van der Waals surface area contributed by atoms with Crippen LogP contribution in [0.4, 0.5) is 0 Å². The van der Waals surface area contributed by atoms with Crippen LogP contribution in [0.3, 0.4) is 0 Å². The SMILES string of the molecule is CC1(C(=O)O)CCCN1CC1CCOC1. The smallest absolute Gasteiger partial charge is 0.323 e. The average Bonchev–Trinajstić information content (AvgIpc) is 2.78. The monoisotopic (exact) mass is 213 g/mol. The number of rotatable bonds is 3. The third-order valence-corrected chi connectivity index (χ3v) is 3.75. The molecule has 0 radical (unpaired) electrons. The van der Waals surface area contributed by atoms with Gasteiger partial charge in [0.1, 0.15) is 5.54 Å². The first kappa shape index (κ1) is 10.9. The van der Waals surface area contributed by atoms with Crippen LogP contribution in [0.2, 0.25) is 0 Å². The molecule has 0 aliphatic carbocycles. The average molecular weight is 213 g/mol. The highest BCUT2D eigenvalue weighted by Gasteiger charge is 2.44. The second kappa shape index (κ2) is 4.10. The Bertz CT molecular complexity index is 250. The van der Waals surface area contributed by atoms with Crippen molar-refractivity contribution in [2.45, 2.75) is 31.7 Å². The molecule has 4 nitrogen and oxygen atoms in total. The molecule has 2 rings (SSSR count). The van der Waals surface area contributed by atoms with E-state index in [1.807, 2.05) is 6.92 Å². The summed E-state index contributed by atoms with van der Waals surface area (Å²) in [5.74, 6) is -0.152. The van der Waals surface area contributed by atoms with E-state index in [2.05, 4.69) is 4.90 Å². The van der Waals surface area contributed by atoms with Crippen LogP contribution in [0.5, 0.6) is 0 Å². The van der Waals surface area contributed by atoms with Crippen LogP contribution in [0.15, 0.2) is 0 Å². The molecule has 0 saturated carbocycles. The van der Waals surface area contributed by atoms with Crippen molar-refractivity contribution < 1.29 is 14.6 Å². The van der Waals surface area contributed by atoms with Gasteiger partial charge < -0.3 is 9.84 Å². The van der Waals surface area contributed by atoms with Gasteiger partial charge in [-0.05, 0) is 38.6 Å². The van der Waals surface area contributed by atoms with Crippen molar-refractivity contribution in [2.24, 2.45) is 5.92 Å². The number of hydrogen-bond acceptors (Lipinski definition) is 3. The molecular weight excluding hydrogens is 194 g/mol. The number of carbonyl (C=O) groups is 1. The minimum Gasteiger partial charge on any atom is -0.480 e. The molecule has 2 aliphatic heterocycles. The Morgan fingerprint density at radius 1 is 1.67 bits per heavy atom. The van der Waals surface area contributed by atoms with Crippen LogP contribution in [0.25, 0.3) is 0 Å². The van der Waals surface area contributed by atoms with Crippen molar-refractivity contribution in [3.8, 4) is 0 Å². The van der Waals surface area contributed by atoms with Gasteiger partial charge in [-0.3, -0.25) is 9.69 Å². The lowest BCUT2D eigenvalue weighted by Gasteiger charge is -2.32. The van der Waals surface area contributed by atoms with Gasteiger partial charge >= 0.3 is 5.97 Å². The Kier molecular flexibility index (Phi) is 2.98. The third kappa shape index (κ3) is 2.01. The molecule has 0 amide bonds. The molecule has 0 spiro atoms. The number of ether oxygens (including phenoxy) is 1. The van der Waals surface area contributed by atoms with Gasteiger partial charge in [0.25, 0.3) is 0 Å². The molecule has 0 bridgehead atoms. The van der Waals surface area contributed by atoms with Gasteiger partial charge in [0.15, 0.2) is 0 Å². The fourth-order valence-corrected chi connectivity index (χ4v) is 2.59. The van der Waals surface area contributed by atoms with Crippen LogP contribution in [0.1, 0.15) is 26.2 Å². The summed E-state index contributed by atoms with van der Waals surface area (Å²) in [5, 5.41) is 9.24. The maximum atomic E-state index is 11.2. The van der Waals surface area contributed by atoms with Crippen LogP contribution in [0, 0.1) is 5.92 Å². The second-order valence-corrected chi connectivity index (χ2v) is 4.86. The van der Waals surface area contributed by atoms with Gasteiger partial charge in [0.05, 0.1) is 6.61 Å². The summed E-state index contributed by atoms with van der Waals surface area (Å²) in [4.78, 5) is 13.4. The Labute approximate surface area is 90.2 Å². The van der Waals surface area contributed by atoms with Crippen molar-refractivity contribution in [3.63, 3.8) is 0 Å². The van der Waals surface area contributed by atoms with Crippen LogP contribution < -0.4 is 0 Å². The molecule has 15 heavy (non-hydrogen) atoms. The van der Waals surface area contributed by atoms with E-state index >= 15 is 0 Å². The molecule has 86 valence electrons. The molecular formula is C11H19NO3. The standard InChI is InChI=1S/C11H19NO3/c1-11(10(13)14)4-2-5-12(11)7-9-3-6-15-8-9/h9H,2-8H2,1H3,(H,13,14). The largest absolute Gasteiger partial charge is 0.480 e. The zero-order valence-electron chi connectivity index (χ0n) is 9.24. The first-order chi connectivity index (χ1) is 7.13. The topological polar surface area (TPSA) is 49.8 Å². The van der Waals surface area contributed by atoms with E-state index in [4.69, 9.17) is 4.74 Å². The Morgan fingerprint density at radius 2 is 2.47 bits per heavy atom. The van der Waals surface area contributed by atoms with E-state index in [9.17, 15) is 9.90 Å². The first-order valence-corrected chi connectivity index (χ1v) is 5.69. The van der Waals surface area contributed by atoms with Crippen LogP contribution in [-0.4, -0.2) is 47.8 Å². The zero-order valence-corrected chi connectivity index (χ0v) is 9.24. The van der Waals surface area contributed by atoms with Gasteiger partial charge in [0.2, 0.25) is 0 Å². The van der Waals surface area contributed by atoms with Gasteiger partial charge in [-0.25, -0.2) is 0 Å². The maximum Gasteiger partial charge on any atom is 0.323 e. The molecule has 2 heterocycles. The molecule has 1 N–H and O–H groups in total.